The molecule has 160 valence electrons. The molecule has 9 heteroatoms. The summed E-state index contributed by atoms with van der Waals surface area (Å²) in [4.78, 5) is 25.1. The zero-order valence-electron chi connectivity index (χ0n) is 17.0. The first-order chi connectivity index (χ1) is 14.2. The largest absolute Gasteiger partial charge is 0.495 e. The second-order valence-corrected chi connectivity index (χ2v) is 8.82. The molecule has 1 N–H and O–H groups in total. The smallest absolute Gasteiger partial charge is 0.241 e. The van der Waals surface area contributed by atoms with Crippen molar-refractivity contribution in [2.75, 3.05) is 18.6 Å². The molecule has 0 aliphatic carbocycles. The molecule has 1 atom stereocenters. The number of hydrogen-bond donors (Lipinski definition) is 1. The maximum absolute atomic E-state index is 12.8. The maximum atomic E-state index is 12.8. The highest BCUT2D eigenvalue weighted by molar-refractivity contribution is 7.89. The fourth-order valence-corrected chi connectivity index (χ4v) is 4.33. The molecule has 0 radical (unpaired) electrons. The van der Waals surface area contributed by atoms with Crippen molar-refractivity contribution in [3.63, 3.8) is 0 Å². The van der Waals surface area contributed by atoms with Gasteiger partial charge in [-0.3, -0.25) is 9.59 Å². The number of carbonyl (C=O) groups excluding carboxylic acids is 2. The van der Waals surface area contributed by atoms with Crippen LogP contribution in [-0.4, -0.2) is 40.0 Å². The summed E-state index contributed by atoms with van der Waals surface area (Å²) in [7, 11) is -2.53. The summed E-state index contributed by atoms with van der Waals surface area (Å²) < 4.78 is 39.1. The number of carbonyl (C=O) groups is 2. The number of benzene rings is 2. The van der Waals surface area contributed by atoms with Crippen molar-refractivity contribution < 1.29 is 27.5 Å². The van der Waals surface area contributed by atoms with Crippen LogP contribution in [0.1, 0.15) is 25.3 Å². The van der Waals surface area contributed by atoms with E-state index in [2.05, 4.69) is 4.72 Å². The predicted molar refractivity (Wildman–Crippen MR) is 111 cm³/mol. The fourth-order valence-electron chi connectivity index (χ4n) is 3.08. The molecule has 0 aromatic heterocycles. The lowest BCUT2D eigenvalue weighted by atomic mass is 10.2. The number of imide groups is 1. The quantitative estimate of drug-likeness (QED) is 0.643. The van der Waals surface area contributed by atoms with Gasteiger partial charge in [0.1, 0.15) is 18.1 Å². The molecule has 2 aromatic carbocycles. The van der Waals surface area contributed by atoms with Crippen LogP contribution in [0, 0.1) is 6.92 Å². The van der Waals surface area contributed by atoms with Crippen molar-refractivity contribution in [1.82, 2.24) is 4.72 Å². The second kappa shape index (κ2) is 8.85. The van der Waals surface area contributed by atoms with E-state index in [1.165, 1.54) is 25.3 Å². The summed E-state index contributed by atoms with van der Waals surface area (Å²) in [5.74, 6) is 0.110. The first-order valence-corrected chi connectivity index (χ1v) is 10.9. The minimum Gasteiger partial charge on any atom is -0.495 e. The Bertz CT molecular complexity index is 1030. The van der Waals surface area contributed by atoms with Crippen molar-refractivity contribution in [1.29, 1.82) is 0 Å². The van der Waals surface area contributed by atoms with Crippen molar-refractivity contribution in [2.45, 2.75) is 37.6 Å². The molecular weight excluding hydrogens is 408 g/mol. The van der Waals surface area contributed by atoms with Crippen LogP contribution in [0.25, 0.3) is 0 Å². The van der Waals surface area contributed by atoms with E-state index in [1.807, 2.05) is 31.2 Å². The van der Waals surface area contributed by atoms with E-state index < -0.39 is 16.1 Å². The van der Waals surface area contributed by atoms with Crippen LogP contribution in [0.5, 0.6) is 11.5 Å². The van der Waals surface area contributed by atoms with E-state index in [0.29, 0.717) is 5.75 Å². The van der Waals surface area contributed by atoms with Crippen molar-refractivity contribution in [3.8, 4) is 11.5 Å². The highest BCUT2D eigenvalue weighted by Crippen LogP contribution is 2.34. The molecule has 1 aliphatic rings. The van der Waals surface area contributed by atoms with Crippen LogP contribution in [0.2, 0.25) is 0 Å². The van der Waals surface area contributed by atoms with Crippen LogP contribution >= 0.6 is 0 Å². The standard InChI is InChI=1S/C21H24N2O6S/c1-14-4-6-16(7-5-14)29-13-15(2)22-30(26,27)17-8-9-19(28-3)18(12-17)23-20(24)10-11-21(23)25/h4-9,12,15,22H,10-11,13H2,1-3H3. The van der Waals surface area contributed by atoms with Gasteiger partial charge in [-0.2, -0.15) is 0 Å². The number of sulfonamides is 1. The molecule has 2 amide bonds. The number of ether oxygens (including phenoxy) is 2. The first kappa shape index (κ1) is 21.8. The average Bonchev–Trinajstić information content (AvgIpc) is 3.04. The molecule has 8 nitrogen and oxygen atoms in total. The van der Waals surface area contributed by atoms with Gasteiger partial charge in [-0.25, -0.2) is 18.0 Å². The minimum atomic E-state index is -3.92. The third-order valence-electron chi connectivity index (χ3n) is 4.63. The van der Waals surface area contributed by atoms with Gasteiger partial charge in [-0.15, -0.1) is 0 Å². The van der Waals surface area contributed by atoms with Gasteiger partial charge in [0, 0.05) is 12.8 Å². The maximum Gasteiger partial charge on any atom is 0.241 e. The Morgan fingerprint density at radius 1 is 1.07 bits per heavy atom. The number of anilines is 1. The first-order valence-electron chi connectivity index (χ1n) is 9.47. The second-order valence-electron chi connectivity index (χ2n) is 7.10. The topological polar surface area (TPSA) is 102 Å². The molecule has 30 heavy (non-hydrogen) atoms. The molecule has 2 aromatic rings. The SMILES string of the molecule is COc1ccc(S(=O)(=O)NC(C)COc2ccc(C)cc2)cc1N1C(=O)CCC1=O. The number of rotatable bonds is 8. The summed E-state index contributed by atoms with van der Waals surface area (Å²) in [6, 6.07) is 11.0. The lowest BCUT2D eigenvalue weighted by molar-refractivity contribution is -0.121. The van der Waals surface area contributed by atoms with Gasteiger partial charge < -0.3 is 9.47 Å². The van der Waals surface area contributed by atoms with Crippen LogP contribution in [0.3, 0.4) is 0 Å². The third kappa shape index (κ3) is 4.80. The average molecular weight is 432 g/mol. The summed E-state index contributed by atoms with van der Waals surface area (Å²) >= 11 is 0. The Balaban J connectivity index is 1.76. The molecule has 0 bridgehead atoms. The normalized spacial score (nSPS) is 15.4. The number of amides is 2. The van der Waals surface area contributed by atoms with Gasteiger partial charge in [0.15, 0.2) is 0 Å². The molecule has 1 heterocycles. The van der Waals surface area contributed by atoms with E-state index in [0.717, 1.165) is 10.5 Å². The molecule has 1 aliphatic heterocycles. The van der Waals surface area contributed by atoms with E-state index in [9.17, 15) is 18.0 Å². The molecule has 0 spiro atoms. The summed E-state index contributed by atoms with van der Waals surface area (Å²) in [6.07, 6.45) is 0.176. The Morgan fingerprint density at radius 3 is 2.30 bits per heavy atom. The molecule has 1 fully saturated rings. The fraction of sp³-hybridized carbons (Fsp3) is 0.333. The van der Waals surface area contributed by atoms with E-state index in [-0.39, 0.29) is 47.6 Å². The molecule has 1 unspecified atom stereocenters. The third-order valence-corrected chi connectivity index (χ3v) is 6.22. The van der Waals surface area contributed by atoms with Crippen molar-refractivity contribution >= 4 is 27.5 Å². The zero-order chi connectivity index (χ0) is 21.9. The molecule has 1 saturated heterocycles. The minimum absolute atomic E-state index is 0.0759. The Hall–Kier alpha value is -2.91. The number of nitrogens with one attached hydrogen (secondary N) is 1. The van der Waals surface area contributed by atoms with Gasteiger partial charge in [0.2, 0.25) is 21.8 Å². The summed E-state index contributed by atoms with van der Waals surface area (Å²) in [5.41, 5.74) is 1.22. The Labute approximate surface area is 175 Å². The lowest BCUT2D eigenvalue weighted by Gasteiger charge is -2.19. The summed E-state index contributed by atoms with van der Waals surface area (Å²) in [6.45, 7) is 3.78. The van der Waals surface area contributed by atoms with Crippen LogP contribution in [-0.2, 0) is 19.6 Å². The number of methoxy groups -OCH3 is 1. The van der Waals surface area contributed by atoms with E-state index >= 15 is 0 Å². The molecule has 3 rings (SSSR count). The van der Waals surface area contributed by atoms with Crippen molar-refractivity contribution in [3.05, 3.63) is 48.0 Å². The monoisotopic (exact) mass is 432 g/mol. The Kier molecular flexibility index (Phi) is 6.42. The highest BCUT2D eigenvalue weighted by Gasteiger charge is 2.33. The van der Waals surface area contributed by atoms with Crippen molar-refractivity contribution in [2.24, 2.45) is 0 Å². The van der Waals surface area contributed by atoms with Gasteiger partial charge in [0.25, 0.3) is 0 Å². The van der Waals surface area contributed by atoms with Gasteiger partial charge in [-0.1, -0.05) is 17.7 Å². The van der Waals surface area contributed by atoms with Crippen LogP contribution < -0.4 is 19.1 Å². The number of nitrogens with zero attached hydrogens (tertiary/aromatic N) is 1. The van der Waals surface area contributed by atoms with Gasteiger partial charge in [-0.05, 0) is 44.2 Å². The van der Waals surface area contributed by atoms with Gasteiger partial charge >= 0.3 is 0 Å². The Morgan fingerprint density at radius 2 is 1.70 bits per heavy atom. The van der Waals surface area contributed by atoms with Crippen LogP contribution in [0.4, 0.5) is 5.69 Å². The van der Waals surface area contributed by atoms with E-state index in [4.69, 9.17) is 9.47 Å². The number of hydrogen-bond acceptors (Lipinski definition) is 6. The van der Waals surface area contributed by atoms with E-state index in [1.54, 1.807) is 6.92 Å². The molecular formula is C21H24N2O6S. The molecule has 0 saturated carbocycles. The van der Waals surface area contributed by atoms with Crippen LogP contribution in [0.15, 0.2) is 47.4 Å². The highest BCUT2D eigenvalue weighted by atomic mass is 32.2. The number of aryl methyl sites for hydroxylation is 1. The zero-order valence-corrected chi connectivity index (χ0v) is 17.9. The predicted octanol–water partition coefficient (Wildman–Crippen LogP) is 2.40. The summed E-state index contributed by atoms with van der Waals surface area (Å²) in [5, 5.41) is 0. The lowest BCUT2D eigenvalue weighted by Crippen LogP contribution is -2.37. The van der Waals surface area contributed by atoms with Gasteiger partial charge in [0.05, 0.1) is 23.7 Å².